The Balaban J connectivity index is 1.72. The maximum absolute atomic E-state index is 12.1. The Labute approximate surface area is 155 Å². The number of carbonyl (C=O) groups is 2. The molecular formula is C21H28N2O3. The molecule has 2 fully saturated rings. The summed E-state index contributed by atoms with van der Waals surface area (Å²) in [5.74, 6) is 0.572. The van der Waals surface area contributed by atoms with E-state index in [9.17, 15) is 14.7 Å². The molecule has 0 aromatic heterocycles. The van der Waals surface area contributed by atoms with Crippen LogP contribution in [-0.2, 0) is 9.59 Å². The molecule has 1 aromatic rings. The Bertz CT molecular complexity index is 679. The minimum absolute atomic E-state index is 0.0322. The van der Waals surface area contributed by atoms with Gasteiger partial charge in [0, 0.05) is 25.8 Å². The number of carbonyl (C=O) groups excluding carboxylic acids is 2. The van der Waals surface area contributed by atoms with Gasteiger partial charge in [0.2, 0.25) is 11.8 Å². The summed E-state index contributed by atoms with van der Waals surface area (Å²) in [6, 6.07) is 7.86. The summed E-state index contributed by atoms with van der Waals surface area (Å²) >= 11 is 0. The van der Waals surface area contributed by atoms with Crippen molar-refractivity contribution in [1.29, 1.82) is 0 Å². The molecule has 3 rings (SSSR count). The minimum Gasteiger partial charge on any atom is -0.394 e. The normalized spacial score (nSPS) is 25.2. The fourth-order valence-electron chi connectivity index (χ4n) is 3.98. The first-order valence-corrected chi connectivity index (χ1v) is 9.44. The van der Waals surface area contributed by atoms with Gasteiger partial charge in [-0.3, -0.25) is 9.59 Å². The van der Waals surface area contributed by atoms with Gasteiger partial charge in [0.1, 0.15) is 0 Å². The molecule has 5 nitrogen and oxygen atoms in total. The number of amides is 2. The van der Waals surface area contributed by atoms with Crippen molar-refractivity contribution in [3.63, 3.8) is 0 Å². The number of aliphatic hydroxyl groups is 1. The van der Waals surface area contributed by atoms with Gasteiger partial charge >= 0.3 is 0 Å². The number of likely N-dealkylation sites (tertiary alicyclic amines) is 1. The van der Waals surface area contributed by atoms with E-state index in [-0.39, 0.29) is 36.4 Å². The van der Waals surface area contributed by atoms with E-state index in [0.29, 0.717) is 18.9 Å². The Morgan fingerprint density at radius 2 is 1.92 bits per heavy atom. The lowest BCUT2D eigenvalue weighted by Gasteiger charge is -2.54. The first-order valence-electron chi connectivity index (χ1n) is 9.44. The van der Waals surface area contributed by atoms with Crippen molar-refractivity contribution in [3.05, 3.63) is 41.5 Å². The Morgan fingerprint density at radius 1 is 1.23 bits per heavy atom. The van der Waals surface area contributed by atoms with Gasteiger partial charge in [-0.05, 0) is 36.8 Å². The minimum atomic E-state index is -0.231. The molecule has 2 N–H and O–H groups in total. The monoisotopic (exact) mass is 356 g/mol. The fourth-order valence-corrected chi connectivity index (χ4v) is 3.98. The third-order valence-corrected chi connectivity index (χ3v) is 5.45. The lowest BCUT2D eigenvalue weighted by atomic mass is 9.75. The van der Waals surface area contributed by atoms with Gasteiger partial charge in [0.25, 0.3) is 0 Å². The largest absolute Gasteiger partial charge is 0.394 e. The van der Waals surface area contributed by atoms with Crippen LogP contribution in [-0.4, -0.2) is 47.1 Å². The van der Waals surface area contributed by atoms with Gasteiger partial charge in [-0.1, -0.05) is 36.4 Å². The van der Waals surface area contributed by atoms with Gasteiger partial charge < -0.3 is 15.3 Å². The molecule has 26 heavy (non-hydrogen) atoms. The van der Waals surface area contributed by atoms with Gasteiger partial charge in [0.05, 0.1) is 18.7 Å². The van der Waals surface area contributed by atoms with Crippen molar-refractivity contribution in [1.82, 2.24) is 10.2 Å². The summed E-state index contributed by atoms with van der Waals surface area (Å²) in [5, 5.41) is 12.8. The Morgan fingerprint density at radius 3 is 2.46 bits per heavy atom. The summed E-state index contributed by atoms with van der Waals surface area (Å²) in [6.07, 6.45) is 6.89. The lowest BCUT2D eigenvalue weighted by molar-refractivity contribution is -0.148. The molecule has 1 heterocycles. The first kappa shape index (κ1) is 18.6. The predicted molar refractivity (Wildman–Crippen MR) is 101 cm³/mol. The van der Waals surface area contributed by atoms with Crippen molar-refractivity contribution in [2.24, 2.45) is 5.92 Å². The van der Waals surface area contributed by atoms with Crippen molar-refractivity contribution in [3.8, 4) is 0 Å². The van der Waals surface area contributed by atoms with Crippen LogP contribution in [0, 0.1) is 5.92 Å². The van der Waals surface area contributed by atoms with Crippen molar-refractivity contribution in [2.45, 2.75) is 51.1 Å². The number of aliphatic hydroxyl groups excluding tert-OH is 1. The maximum atomic E-state index is 12.1. The summed E-state index contributed by atoms with van der Waals surface area (Å²) in [6.45, 7) is 3.86. The average Bonchev–Trinajstić information content (AvgIpc) is 3.39. The zero-order valence-electron chi connectivity index (χ0n) is 15.5. The molecule has 140 valence electrons. The molecule has 3 atom stereocenters. The highest BCUT2D eigenvalue weighted by Gasteiger charge is 2.50. The van der Waals surface area contributed by atoms with Crippen LogP contribution in [0.2, 0.25) is 0 Å². The molecule has 0 bridgehead atoms. The molecule has 5 heteroatoms. The van der Waals surface area contributed by atoms with E-state index in [0.717, 1.165) is 24.0 Å². The number of nitrogens with zero attached hydrogens (tertiary/aromatic N) is 1. The van der Waals surface area contributed by atoms with Crippen LogP contribution in [0.25, 0.3) is 6.08 Å². The van der Waals surface area contributed by atoms with E-state index in [1.165, 1.54) is 6.92 Å². The lowest BCUT2D eigenvalue weighted by Crippen LogP contribution is -2.68. The zero-order valence-corrected chi connectivity index (χ0v) is 15.5. The second-order valence-electron chi connectivity index (χ2n) is 7.39. The number of nitrogens with one attached hydrogen (secondary N) is 1. The number of rotatable bonds is 7. The van der Waals surface area contributed by atoms with Crippen molar-refractivity contribution < 1.29 is 14.7 Å². The molecule has 2 amide bonds. The van der Waals surface area contributed by atoms with Crippen LogP contribution < -0.4 is 5.32 Å². The molecule has 1 aromatic carbocycles. The molecular weight excluding hydrogens is 328 g/mol. The fraction of sp³-hybridized carbons (Fsp3) is 0.524. The standard InChI is InChI=1S/C21H28N2O3/c1-3-4-15-7-9-17(10-8-15)21-18(23(14(2)25)19(21)13-24)12-22-20(26)11-16-5-6-16/h3-4,7-10,16,18-19,21,24H,5-6,11-13H2,1-2H3,(H,22,26)/b4-3+/t18-,19+,21-/m0/s1. The number of benzene rings is 1. The summed E-state index contributed by atoms with van der Waals surface area (Å²) in [7, 11) is 0. The molecule has 1 aliphatic carbocycles. The van der Waals surface area contributed by atoms with E-state index in [4.69, 9.17) is 0 Å². The van der Waals surface area contributed by atoms with Gasteiger partial charge in [0.15, 0.2) is 0 Å². The summed E-state index contributed by atoms with van der Waals surface area (Å²) < 4.78 is 0. The highest BCUT2D eigenvalue weighted by atomic mass is 16.3. The van der Waals surface area contributed by atoms with Gasteiger partial charge in [-0.15, -0.1) is 0 Å². The molecule has 1 saturated carbocycles. The number of hydrogen-bond donors (Lipinski definition) is 2. The zero-order chi connectivity index (χ0) is 18.7. The molecule has 0 unspecified atom stereocenters. The third kappa shape index (κ3) is 3.98. The highest BCUT2D eigenvalue weighted by molar-refractivity contribution is 5.78. The van der Waals surface area contributed by atoms with E-state index in [2.05, 4.69) is 17.4 Å². The second-order valence-corrected chi connectivity index (χ2v) is 7.39. The summed E-state index contributed by atoms with van der Waals surface area (Å²) in [4.78, 5) is 25.8. The molecule has 2 aliphatic rings. The number of allylic oxidation sites excluding steroid dienone is 1. The predicted octanol–water partition coefficient (Wildman–Crippen LogP) is 2.31. The smallest absolute Gasteiger partial charge is 0.220 e. The van der Waals surface area contributed by atoms with Crippen LogP contribution in [0.3, 0.4) is 0 Å². The maximum Gasteiger partial charge on any atom is 0.220 e. The van der Waals surface area contributed by atoms with Crippen LogP contribution in [0.5, 0.6) is 0 Å². The Kier molecular flexibility index (Phi) is 5.77. The Hall–Kier alpha value is -2.14. The van der Waals surface area contributed by atoms with E-state index < -0.39 is 0 Å². The van der Waals surface area contributed by atoms with Crippen molar-refractivity contribution >= 4 is 17.9 Å². The van der Waals surface area contributed by atoms with E-state index >= 15 is 0 Å². The SMILES string of the molecule is C/C=C/c1ccc([C@@H]2[C@@H](CO)N(C(C)=O)[C@H]2CNC(=O)CC2CC2)cc1. The average molecular weight is 356 g/mol. The van der Waals surface area contributed by atoms with Crippen LogP contribution >= 0.6 is 0 Å². The van der Waals surface area contributed by atoms with E-state index in [1.54, 1.807) is 4.90 Å². The number of hydrogen-bond acceptors (Lipinski definition) is 3. The molecule has 0 radical (unpaired) electrons. The highest BCUT2D eigenvalue weighted by Crippen LogP contribution is 2.40. The molecule has 1 saturated heterocycles. The molecule has 1 aliphatic heterocycles. The van der Waals surface area contributed by atoms with E-state index in [1.807, 2.05) is 31.2 Å². The third-order valence-electron chi connectivity index (χ3n) is 5.45. The quantitative estimate of drug-likeness (QED) is 0.788. The summed E-state index contributed by atoms with van der Waals surface area (Å²) in [5.41, 5.74) is 2.21. The van der Waals surface area contributed by atoms with Gasteiger partial charge in [-0.25, -0.2) is 0 Å². The van der Waals surface area contributed by atoms with Gasteiger partial charge in [-0.2, -0.15) is 0 Å². The molecule has 0 spiro atoms. The van der Waals surface area contributed by atoms with Crippen molar-refractivity contribution in [2.75, 3.05) is 13.2 Å². The van der Waals surface area contributed by atoms with Crippen LogP contribution in [0.1, 0.15) is 50.2 Å². The topological polar surface area (TPSA) is 69.6 Å². The first-order chi connectivity index (χ1) is 12.5. The second kappa shape index (κ2) is 8.04. The van der Waals surface area contributed by atoms with Crippen LogP contribution in [0.15, 0.2) is 30.3 Å². The van der Waals surface area contributed by atoms with Crippen LogP contribution in [0.4, 0.5) is 0 Å².